The molecule has 2 rings (SSSR count). The molecule has 0 aliphatic rings. The van der Waals surface area contributed by atoms with Crippen LogP contribution in [-0.4, -0.2) is 15.0 Å². The van der Waals surface area contributed by atoms with Gasteiger partial charge >= 0.3 is 0 Å². The number of nitriles is 1. The maximum atomic E-state index is 8.75. The summed E-state index contributed by atoms with van der Waals surface area (Å²) in [6.07, 6.45) is 1.69. The van der Waals surface area contributed by atoms with Crippen molar-refractivity contribution in [3.8, 4) is 6.07 Å². The van der Waals surface area contributed by atoms with Gasteiger partial charge in [0.25, 0.3) is 0 Å². The highest BCUT2D eigenvalue weighted by molar-refractivity contribution is 6.32. The standard InChI is InChI=1S/C11H10ClN5/c1-17-10(7-15-16-17)6-14-9-3-2-8(5-13)11(12)4-9/h2-4,7,14H,6H2,1H3. The third-order valence-corrected chi connectivity index (χ3v) is 2.68. The molecule has 1 aromatic carbocycles. The highest BCUT2D eigenvalue weighted by atomic mass is 35.5. The normalized spacial score (nSPS) is 9.94. The SMILES string of the molecule is Cn1nncc1CNc1ccc(C#N)c(Cl)c1. The summed E-state index contributed by atoms with van der Waals surface area (Å²) >= 11 is 5.93. The average molecular weight is 248 g/mol. The number of hydrogen-bond donors (Lipinski definition) is 1. The summed E-state index contributed by atoms with van der Waals surface area (Å²) in [6.45, 7) is 0.603. The lowest BCUT2D eigenvalue weighted by atomic mass is 10.2. The molecule has 2 aromatic rings. The minimum atomic E-state index is 0.445. The van der Waals surface area contributed by atoms with Crippen LogP contribution >= 0.6 is 11.6 Å². The van der Waals surface area contributed by atoms with Crippen LogP contribution in [0.5, 0.6) is 0 Å². The summed E-state index contributed by atoms with van der Waals surface area (Å²) in [7, 11) is 1.83. The number of hydrogen-bond acceptors (Lipinski definition) is 4. The Kier molecular flexibility index (Phi) is 3.26. The lowest BCUT2D eigenvalue weighted by Crippen LogP contribution is -2.05. The van der Waals surface area contributed by atoms with Crippen molar-refractivity contribution in [2.75, 3.05) is 5.32 Å². The lowest BCUT2D eigenvalue weighted by Gasteiger charge is -2.06. The predicted octanol–water partition coefficient (Wildman–Crippen LogP) is 1.95. The number of aryl methyl sites for hydroxylation is 1. The molecule has 1 heterocycles. The lowest BCUT2D eigenvalue weighted by molar-refractivity contribution is 0.683. The molecule has 1 aromatic heterocycles. The molecule has 0 saturated carbocycles. The number of rotatable bonds is 3. The zero-order valence-electron chi connectivity index (χ0n) is 9.18. The maximum Gasteiger partial charge on any atom is 0.101 e. The fraction of sp³-hybridized carbons (Fsp3) is 0.182. The molecule has 0 bridgehead atoms. The van der Waals surface area contributed by atoms with Crippen molar-refractivity contribution in [2.24, 2.45) is 7.05 Å². The summed E-state index contributed by atoms with van der Waals surface area (Å²) in [6, 6.07) is 7.24. The molecule has 0 amide bonds. The van der Waals surface area contributed by atoms with E-state index >= 15 is 0 Å². The van der Waals surface area contributed by atoms with Crippen LogP contribution in [0.15, 0.2) is 24.4 Å². The third kappa shape index (κ3) is 2.55. The van der Waals surface area contributed by atoms with Crippen molar-refractivity contribution in [2.45, 2.75) is 6.54 Å². The van der Waals surface area contributed by atoms with Crippen LogP contribution in [0.25, 0.3) is 0 Å². The Bertz CT molecular complexity index is 569. The molecule has 0 fully saturated rings. The van der Waals surface area contributed by atoms with Crippen molar-refractivity contribution >= 4 is 17.3 Å². The Morgan fingerprint density at radius 2 is 2.35 bits per heavy atom. The van der Waals surface area contributed by atoms with E-state index in [0.29, 0.717) is 17.1 Å². The molecular weight excluding hydrogens is 238 g/mol. The smallest absolute Gasteiger partial charge is 0.101 e. The fourth-order valence-corrected chi connectivity index (χ4v) is 1.60. The van der Waals surface area contributed by atoms with E-state index in [1.165, 1.54) is 0 Å². The van der Waals surface area contributed by atoms with Crippen LogP contribution < -0.4 is 5.32 Å². The van der Waals surface area contributed by atoms with Crippen LogP contribution in [0.4, 0.5) is 5.69 Å². The van der Waals surface area contributed by atoms with Gasteiger partial charge in [0.1, 0.15) is 6.07 Å². The summed E-state index contributed by atoms with van der Waals surface area (Å²) in [5, 5.41) is 20.0. The molecule has 0 aliphatic carbocycles. The summed E-state index contributed by atoms with van der Waals surface area (Å²) in [4.78, 5) is 0. The second-order valence-corrected chi connectivity index (χ2v) is 3.92. The van der Waals surface area contributed by atoms with E-state index in [2.05, 4.69) is 15.6 Å². The number of benzene rings is 1. The summed E-state index contributed by atoms with van der Waals surface area (Å²) < 4.78 is 1.69. The van der Waals surface area contributed by atoms with Gasteiger partial charge in [-0.05, 0) is 18.2 Å². The van der Waals surface area contributed by atoms with Crippen molar-refractivity contribution in [1.82, 2.24) is 15.0 Å². The Balaban J connectivity index is 2.08. The van der Waals surface area contributed by atoms with Crippen molar-refractivity contribution in [1.29, 1.82) is 5.26 Å². The van der Waals surface area contributed by atoms with Gasteiger partial charge in [-0.1, -0.05) is 16.8 Å². The minimum Gasteiger partial charge on any atom is -0.379 e. The van der Waals surface area contributed by atoms with E-state index < -0.39 is 0 Å². The van der Waals surface area contributed by atoms with Gasteiger partial charge in [0.2, 0.25) is 0 Å². The van der Waals surface area contributed by atoms with E-state index in [4.69, 9.17) is 16.9 Å². The molecule has 17 heavy (non-hydrogen) atoms. The number of nitrogens with one attached hydrogen (secondary N) is 1. The van der Waals surface area contributed by atoms with Gasteiger partial charge in [-0.3, -0.25) is 4.68 Å². The molecule has 86 valence electrons. The monoisotopic (exact) mass is 247 g/mol. The molecule has 0 atom stereocenters. The molecule has 6 heteroatoms. The van der Waals surface area contributed by atoms with Crippen molar-refractivity contribution in [3.63, 3.8) is 0 Å². The first kappa shape index (κ1) is 11.4. The highest BCUT2D eigenvalue weighted by Crippen LogP contribution is 2.20. The van der Waals surface area contributed by atoms with Gasteiger partial charge in [-0.2, -0.15) is 5.26 Å². The van der Waals surface area contributed by atoms with E-state index in [1.54, 1.807) is 23.0 Å². The van der Waals surface area contributed by atoms with Gasteiger partial charge in [-0.25, -0.2) is 0 Å². The number of anilines is 1. The Hall–Kier alpha value is -2.06. The average Bonchev–Trinajstić information content (AvgIpc) is 2.72. The predicted molar refractivity (Wildman–Crippen MR) is 64.5 cm³/mol. The quantitative estimate of drug-likeness (QED) is 0.900. The van der Waals surface area contributed by atoms with Crippen LogP contribution in [0.2, 0.25) is 5.02 Å². The number of halogens is 1. The highest BCUT2D eigenvalue weighted by Gasteiger charge is 2.02. The molecule has 0 saturated heterocycles. The van der Waals surface area contributed by atoms with E-state index in [9.17, 15) is 0 Å². The second-order valence-electron chi connectivity index (χ2n) is 3.51. The Morgan fingerprint density at radius 1 is 1.53 bits per heavy atom. The molecule has 0 aliphatic heterocycles. The van der Waals surface area contributed by atoms with E-state index in [-0.39, 0.29) is 0 Å². The van der Waals surface area contributed by atoms with Gasteiger partial charge in [0.15, 0.2) is 0 Å². The van der Waals surface area contributed by atoms with Crippen LogP contribution in [-0.2, 0) is 13.6 Å². The summed E-state index contributed by atoms with van der Waals surface area (Å²) in [5.41, 5.74) is 2.29. The zero-order valence-corrected chi connectivity index (χ0v) is 9.94. The largest absolute Gasteiger partial charge is 0.379 e. The maximum absolute atomic E-state index is 8.75. The van der Waals surface area contributed by atoms with Gasteiger partial charge < -0.3 is 5.32 Å². The molecular formula is C11H10ClN5. The first-order chi connectivity index (χ1) is 8.20. The van der Waals surface area contributed by atoms with Gasteiger partial charge in [-0.15, -0.1) is 5.10 Å². The van der Waals surface area contributed by atoms with Crippen LogP contribution in [0.1, 0.15) is 11.3 Å². The number of aromatic nitrogens is 3. The number of nitrogens with zero attached hydrogens (tertiary/aromatic N) is 4. The fourth-order valence-electron chi connectivity index (χ4n) is 1.38. The van der Waals surface area contributed by atoms with Gasteiger partial charge in [0, 0.05) is 12.7 Å². The van der Waals surface area contributed by atoms with Crippen LogP contribution in [0, 0.1) is 11.3 Å². The van der Waals surface area contributed by atoms with E-state index in [0.717, 1.165) is 11.4 Å². The second kappa shape index (κ2) is 4.85. The Labute approximate surface area is 104 Å². The zero-order chi connectivity index (χ0) is 12.3. The Morgan fingerprint density at radius 3 is 2.94 bits per heavy atom. The molecule has 0 unspecified atom stereocenters. The van der Waals surface area contributed by atoms with Gasteiger partial charge in [0.05, 0.1) is 29.0 Å². The topological polar surface area (TPSA) is 66.5 Å². The first-order valence-electron chi connectivity index (χ1n) is 4.98. The van der Waals surface area contributed by atoms with Crippen molar-refractivity contribution < 1.29 is 0 Å². The van der Waals surface area contributed by atoms with Crippen molar-refractivity contribution in [3.05, 3.63) is 40.7 Å². The minimum absolute atomic E-state index is 0.445. The van der Waals surface area contributed by atoms with Crippen LogP contribution in [0.3, 0.4) is 0 Å². The molecule has 1 N–H and O–H groups in total. The first-order valence-corrected chi connectivity index (χ1v) is 5.35. The molecule has 0 spiro atoms. The summed E-state index contributed by atoms with van der Waals surface area (Å²) in [5.74, 6) is 0. The molecule has 5 nitrogen and oxygen atoms in total. The third-order valence-electron chi connectivity index (χ3n) is 2.37. The molecule has 0 radical (unpaired) electrons. The van der Waals surface area contributed by atoms with E-state index in [1.807, 2.05) is 19.2 Å².